The van der Waals surface area contributed by atoms with Crippen molar-refractivity contribution in [1.82, 2.24) is 19.1 Å². The van der Waals surface area contributed by atoms with Gasteiger partial charge in [0.1, 0.15) is 0 Å². The predicted molar refractivity (Wildman–Crippen MR) is 102 cm³/mol. The number of pyridine rings is 1. The average Bonchev–Trinajstić information content (AvgIpc) is 3.20. The number of carbonyl (C=O) groups is 1. The number of hydrogen-bond acceptors (Lipinski definition) is 5. The number of sulfonamides is 1. The number of amides is 1. The number of carbonyl (C=O) groups excluding carboxylic acids is 1. The minimum atomic E-state index is -3.27. The van der Waals surface area contributed by atoms with Gasteiger partial charge in [-0.05, 0) is 37.8 Å². The van der Waals surface area contributed by atoms with Crippen molar-refractivity contribution >= 4 is 15.9 Å². The van der Waals surface area contributed by atoms with Crippen LogP contribution in [0, 0.1) is 5.41 Å². The highest BCUT2D eigenvalue weighted by atomic mass is 32.2. The molecule has 8 heteroatoms. The minimum absolute atomic E-state index is 0.0526. The van der Waals surface area contributed by atoms with Gasteiger partial charge in [-0.15, -0.1) is 0 Å². The van der Waals surface area contributed by atoms with E-state index in [1.54, 1.807) is 13.2 Å². The van der Waals surface area contributed by atoms with E-state index in [9.17, 15) is 13.2 Å². The maximum Gasteiger partial charge on any atom is 0.231 e. The molecule has 1 aromatic rings. The SMILES string of the molecule is CN1[C@@H]2CCN(Cc3ccccn3)C[C@@]2(C(=O)N2CCCC2)CCS1(=O)=O. The summed E-state index contributed by atoms with van der Waals surface area (Å²) in [5, 5.41) is 0. The number of nitrogens with zero attached hydrogens (tertiary/aromatic N) is 4. The lowest BCUT2D eigenvalue weighted by molar-refractivity contribution is -0.150. The predicted octanol–water partition coefficient (Wildman–Crippen LogP) is 0.930. The molecule has 2 atom stereocenters. The fraction of sp³-hybridized carbons (Fsp3) is 0.684. The first-order valence-corrected chi connectivity index (χ1v) is 11.4. The average molecular weight is 393 g/mol. The molecule has 27 heavy (non-hydrogen) atoms. The van der Waals surface area contributed by atoms with Gasteiger partial charge in [-0.1, -0.05) is 6.07 Å². The van der Waals surface area contributed by atoms with Crippen molar-refractivity contribution in [1.29, 1.82) is 0 Å². The summed E-state index contributed by atoms with van der Waals surface area (Å²) >= 11 is 0. The zero-order valence-electron chi connectivity index (χ0n) is 15.9. The summed E-state index contributed by atoms with van der Waals surface area (Å²) in [7, 11) is -1.62. The maximum absolute atomic E-state index is 13.6. The van der Waals surface area contributed by atoms with Gasteiger partial charge in [0.15, 0.2) is 0 Å². The molecule has 3 aliphatic heterocycles. The smallest absolute Gasteiger partial charge is 0.231 e. The molecule has 0 N–H and O–H groups in total. The standard InChI is InChI=1S/C19H28N4O3S/c1-21-17-7-12-22(14-16-6-2-3-9-20-16)15-19(17,8-13-27(21,25)26)18(24)23-10-4-5-11-23/h2-3,6,9,17H,4-5,7-8,10-15H2,1H3/t17-,19+/m1/s1. The van der Waals surface area contributed by atoms with Crippen molar-refractivity contribution in [3.8, 4) is 0 Å². The van der Waals surface area contributed by atoms with Crippen molar-refractivity contribution in [3.63, 3.8) is 0 Å². The van der Waals surface area contributed by atoms with E-state index in [2.05, 4.69) is 9.88 Å². The normalized spacial score (nSPS) is 31.6. The van der Waals surface area contributed by atoms with Gasteiger partial charge < -0.3 is 4.90 Å². The maximum atomic E-state index is 13.6. The molecule has 0 unspecified atom stereocenters. The molecule has 3 saturated heterocycles. The molecule has 3 aliphatic rings. The van der Waals surface area contributed by atoms with Crippen LogP contribution in [-0.4, -0.2) is 78.4 Å². The summed E-state index contributed by atoms with van der Waals surface area (Å²) in [6, 6.07) is 5.62. The molecular formula is C19H28N4O3S. The van der Waals surface area contributed by atoms with Crippen LogP contribution >= 0.6 is 0 Å². The van der Waals surface area contributed by atoms with E-state index in [0.717, 1.165) is 38.2 Å². The third-order valence-corrected chi connectivity index (χ3v) is 8.33. The summed E-state index contributed by atoms with van der Waals surface area (Å²) < 4.78 is 26.4. The van der Waals surface area contributed by atoms with E-state index in [1.807, 2.05) is 23.1 Å². The van der Waals surface area contributed by atoms with Gasteiger partial charge in [-0.25, -0.2) is 12.7 Å². The van der Waals surface area contributed by atoms with Gasteiger partial charge in [-0.2, -0.15) is 0 Å². The molecule has 4 heterocycles. The first kappa shape index (κ1) is 18.8. The highest BCUT2D eigenvalue weighted by Crippen LogP contribution is 2.44. The van der Waals surface area contributed by atoms with Crippen LogP contribution in [-0.2, 0) is 21.4 Å². The third-order valence-electron chi connectivity index (χ3n) is 6.48. The number of fused-ring (bicyclic) bond motifs is 1. The fourth-order valence-electron chi connectivity index (χ4n) is 5.00. The second-order valence-corrected chi connectivity index (χ2v) is 10.2. The van der Waals surface area contributed by atoms with Gasteiger partial charge in [0.2, 0.25) is 15.9 Å². The number of piperidine rings is 1. The minimum Gasteiger partial charge on any atom is -0.342 e. The van der Waals surface area contributed by atoms with Crippen LogP contribution in [0.25, 0.3) is 0 Å². The molecule has 0 aliphatic carbocycles. The highest BCUT2D eigenvalue weighted by molar-refractivity contribution is 7.89. The zero-order chi connectivity index (χ0) is 19.1. The molecule has 0 spiro atoms. The Morgan fingerprint density at radius 1 is 1.26 bits per heavy atom. The topological polar surface area (TPSA) is 73.8 Å². The first-order chi connectivity index (χ1) is 12.9. The number of aromatic nitrogens is 1. The van der Waals surface area contributed by atoms with Crippen molar-refractivity contribution in [2.75, 3.05) is 39.0 Å². The number of likely N-dealkylation sites (tertiary alicyclic amines) is 2. The van der Waals surface area contributed by atoms with Crippen LogP contribution in [0.2, 0.25) is 0 Å². The van der Waals surface area contributed by atoms with Crippen LogP contribution in [0.4, 0.5) is 0 Å². The van der Waals surface area contributed by atoms with Crippen molar-refractivity contribution < 1.29 is 13.2 Å². The van der Waals surface area contributed by atoms with Crippen LogP contribution < -0.4 is 0 Å². The summed E-state index contributed by atoms with van der Waals surface area (Å²) in [6.07, 6.45) is 4.96. The molecule has 1 aromatic heterocycles. The molecule has 1 amide bonds. The molecule has 0 saturated carbocycles. The molecule has 7 nitrogen and oxygen atoms in total. The fourth-order valence-corrected chi connectivity index (χ4v) is 6.60. The lowest BCUT2D eigenvalue weighted by Crippen LogP contribution is -2.67. The molecule has 0 aromatic carbocycles. The Balaban J connectivity index is 1.63. The number of rotatable bonds is 3. The molecule has 148 valence electrons. The van der Waals surface area contributed by atoms with Crippen molar-refractivity contribution in [2.24, 2.45) is 5.41 Å². The van der Waals surface area contributed by atoms with E-state index in [4.69, 9.17) is 0 Å². The van der Waals surface area contributed by atoms with Gasteiger partial charge in [0, 0.05) is 52.0 Å². The Hall–Kier alpha value is -1.51. The van der Waals surface area contributed by atoms with Gasteiger partial charge in [0.05, 0.1) is 16.9 Å². The first-order valence-electron chi connectivity index (χ1n) is 9.80. The molecule has 4 rings (SSSR count). The van der Waals surface area contributed by atoms with E-state index < -0.39 is 15.4 Å². The van der Waals surface area contributed by atoms with Crippen LogP contribution in [0.3, 0.4) is 0 Å². The Bertz CT molecular complexity index is 794. The zero-order valence-corrected chi connectivity index (χ0v) is 16.7. The summed E-state index contributed by atoms with van der Waals surface area (Å²) in [5.41, 5.74) is 0.341. The van der Waals surface area contributed by atoms with E-state index in [1.165, 1.54) is 4.31 Å². The number of hydrogen-bond donors (Lipinski definition) is 0. The largest absolute Gasteiger partial charge is 0.342 e. The summed E-state index contributed by atoms with van der Waals surface area (Å²) in [6.45, 7) is 3.66. The van der Waals surface area contributed by atoms with Gasteiger partial charge >= 0.3 is 0 Å². The van der Waals surface area contributed by atoms with Crippen molar-refractivity contribution in [3.05, 3.63) is 30.1 Å². The third kappa shape index (κ3) is 3.39. The lowest BCUT2D eigenvalue weighted by atomic mass is 9.71. The van der Waals surface area contributed by atoms with Crippen LogP contribution in [0.15, 0.2) is 24.4 Å². The second-order valence-electron chi connectivity index (χ2n) is 8.07. The highest BCUT2D eigenvalue weighted by Gasteiger charge is 2.57. The van der Waals surface area contributed by atoms with E-state index >= 15 is 0 Å². The van der Waals surface area contributed by atoms with Gasteiger partial charge in [-0.3, -0.25) is 14.7 Å². The molecule has 0 radical (unpaired) electrons. The van der Waals surface area contributed by atoms with E-state index in [-0.39, 0.29) is 17.7 Å². The monoisotopic (exact) mass is 392 g/mol. The Morgan fingerprint density at radius 3 is 2.74 bits per heavy atom. The van der Waals surface area contributed by atoms with Crippen LogP contribution in [0.1, 0.15) is 31.4 Å². The lowest BCUT2D eigenvalue weighted by Gasteiger charge is -2.53. The summed E-state index contributed by atoms with van der Waals surface area (Å²) in [4.78, 5) is 22.2. The second kappa shape index (κ2) is 7.14. The Morgan fingerprint density at radius 2 is 2.04 bits per heavy atom. The quantitative estimate of drug-likeness (QED) is 0.765. The molecule has 3 fully saturated rings. The molecular weight excluding hydrogens is 364 g/mol. The van der Waals surface area contributed by atoms with Crippen LogP contribution in [0.5, 0.6) is 0 Å². The summed E-state index contributed by atoms with van der Waals surface area (Å²) in [5.74, 6) is 0.203. The Kier molecular flexibility index (Phi) is 4.98. The van der Waals surface area contributed by atoms with E-state index in [0.29, 0.717) is 25.9 Å². The Labute approximate surface area is 161 Å². The van der Waals surface area contributed by atoms with Gasteiger partial charge in [0.25, 0.3) is 0 Å². The van der Waals surface area contributed by atoms with Crippen molar-refractivity contribution in [2.45, 2.75) is 38.3 Å². The molecule has 0 bridgehead atoms.